The maximum Gasteiger partial charge on any atom is 0.198 e. The molecule has 0 aliphatic heterocycles. The van der Waals surface area contributed by atoms with Crippen molar-refractivity contribution in [3.63, 3.8) is 0 Å². The number of aryl methyl sites for hydroxylation is 1. The standard InChI is InChI=1S/C13H14O3/c1-3-4-11(15)13-8(2)10-7-9(14)5-6-12(10)16-13/h5-7,14H,3-4H2,1-2H3. The SMILES string of the molecule is CCCC(=O)c1oc2ccc(O)cc2c1C. The zero-order chi connectivity index (χ0) is 11.7. The fourth-order valence-electron chi connectivity index (χ4n) is 1.82. The molecule has 2 rings (SSSR count). The molecule has 3 nitrogen and oxygen atoms in total. The predicted molar refractivity (Wildman–Crippen MR) is 61.9 cm³/mol. The lowest BCUT2D eigenvalue weighted by molar-refractivity contribution is 0.0956. The zero-order valence-electron chi connectivity index (χ0n) is 9.41. The Hall–Kier alpha value is -1.77. The van der Waals surface area contributed by atoms with Gasteiger partial charge < -0.3 is 9.52 Å². The lowest BCUT2D eigenvalue weighted by atomic mass is 10.1. The van der Waals surface area contributed by atoms with Crippen molar-refractivity contribution in [2.24, 2.45) is 0 Å². The van der Waals surface area contributed by atoms with Crippen molar-refractivity contribution in [3.8, 4) is 5.75 Å². The van der Waals surface area contributed by atoms with Crippen LogP contribution in [-0.2, 0) is 0 Å². The van der Waals surface area contributed by atoms with Crippen molar-refractivity contribution in [2.75, 3.05) is 0 Å². The number of phenolic OH excluding ortho intramolecular Hbond substituents is 1. The van der Waals surface area contributed by atoms with Gasteiger partial charge in [0.1, 0.15) is 11.3 Å². The smallest absolute Gasteiger partial charge is 0.198 e. The summed E-state index contributed by atoms with van der Waals surface area (Å²) >= 11 is 0. The minimum Gasteiger partial charge on any atom is -0.508 e. The molecule has 0 aliphatic rings. The Bertz CT molecular complexity index is 537. The molecule has 0 radical (unpaired) electrons. The first-order valence-electron chi connectivity index (χ1n) is 5.38. The highest BCUT2D eigenvalue weighted by molar-refractivity contribution is 6.00. The molecule has 0 saturated heterocycles. The van der Waals surface area contributed by atoms with E-state index in [1.54, 1.807) is 18.2 Å². The maximum atomic E-state index is 11.8. The van der Waals surface area contributed by atoms with Gasteiger partial charge in [-0.3, -0.25) is 4.79 Å². The van der Waals surface area contributed by atoms with Gasteiger partial charge in [-0.25, -0.2) is 0 Å². The first kappa shape index (κ1) is 10.7. The molecular formula is C13H14O3. The molecule has 0 amide bonds. The van der Waals surface area contributed by atoms with Crippen LogP contribution < -0.4 is 0 Å². The first-order chi connectivity index (χ1) is 7.63. The highest BCUT2D eigenvalue weighted by atomic mass is 16.3. The van der Waals surface area contributed by atoms with Crippen molar-refractivity contribution < 1.29 is 14.3 Å². The lowest BCUT2D eigenvalue weighted by Gasteiger charge is -1.94. The monoisotopic (exact) mass is 218 g/mol. The van der Waals surface area contributed by atoms with Gasteiger partial charge in [0.25, 0.3) is 0 Å². The Balaban J connectivity index is 2.56. The van der Waals surface area contributed by atoms with Gasteiger partial charge in [0, 0.05) is 17.4 Å². The van der Waals surface area contributed by atoms with Gasteiger partial charge in [0.2, 0.25) is 0 Å². The molecular weight excluding hydrogens is 204 g/mol. The number of fused-ring (bicyclic) bond motifs is 1. The second kappa shape index (κ2) is 4.00. The molecule has 0 atom stereocenters. The number of hydrogen-bond donors (Lipinski definition) is 1. The summed E-state index contributed by atoms with van der Waals surface area (Å²) in [4.78, 5) is 11.8. The van der Waals surface area contributed by atoms with Crippen LogP contribution in [0.5, 0.6) is 5.75 Å². The highest BCUT2D eigenvalue weighted by Crippen LogP contribution is 2.29. The molecule has 1 aromatic heterocycles. The molecule has 16 heavy (non-hydrogen) atoms. The minimum absolute atomic E-state index is 0.0238. The minimum atomic E-state index is 0.0238. The average molecular weight is 218 g/mol. The molecule has 0 unspecified atom stereocenters. The molecule has 1 aromatic carbocycles. The first-order valence-corrected chi connectivity index (χ1v) is 5.38. The number of benzene rings is 1. The van der Waals surface area contributed by atoms with E-state index in [2.05, 4.69) is 0 Å². The summed E-state index contributed by atoms with van der Waals surface area (Å²) in [6.07, 6.45) is 1.30. The second-order valence-corrected chi connectivity index (χ2v) is 3.91. The number of Topliss-reactive ketones (excluding diaryl/α,β-unsaturated/α-hetero) is 1. The molecule has 0 spiro atoms. The maximum absolute atomic E-state index is 11.8. The van der Waals surface area contributed by atoms with Crippen LogP contribution in [0.3, 0.4) is 0 Å². The number of furan rings is 1. The predicted octanol–water partition coefficient (Wildman–Crippen LogP) is 3.43. The summed E-state index contributed by atoms with van der Waals surface area (Å²) in [6, 6.07) is 4.86. The molecule has 3 heteroatoms. The summed E-state index contributed by atoms with van der Waals surface area (Å²) in [5, 5.41) is 10.2. The van der Waals surface area contributed by atoms with Crippen molar-refractivity contribution in [3.05, 3.63) is 29.5 Å². The third-order valence-corrected chi connectivity index (χ3v) is 2.65. The normalized spacial score (nSPS) is 10.9. The van der Waals surface area contributed by atoms with Crippen LogP contribution in [0.1, 0.15) is 35.9 Å². The van der Waals surface area contributed by atoms with E-state index in [9.17, 15) is 9.90 Å². The Kier molecular flexibility index (Phi) is 2.69. The van der Waals surface area contributed by atoms with E-state index in [4.69, 9.17) is 4.42 Å². The van der Waals surface area contributed by atoms with Crippen LogP contribution in [0.25, 0.3) is 11.0 Å². The van der Waals surface area contributed by atoms with Gasteiger partial charge in [-0.05, 0) is 31.5 Å². The van der Waals surface area contributed by atoms with E-state index >= 15 is 0 Å². The average Bonchev–Trinajstić information content (AvgIpc) is 2.57. The molecule has 1 N–H and O–H groups in total. The van der Waals surface area contributed by atoms with E-state index in [-0.39, 0.29) is 11.5 Å². The Morgan fingerprint density at radius 3 is 2.88 bits per heavy atom. The van der Waals surface area contributed by atoms with E-state index < -0.39 is 0 Å². The number of rotatable bonds is 3. The highest BCUT2D eigenvalue weighted by Gasteiger charge is 2.16. The zero-order valence-corrected chi connectivity index (χ0v) is 9.41. The summed E-state index contributed by atoms with van der Waals surface area (Å²) < 4.78 is 5.51. The van der Waals surface area contributed by atoms with Gasteiger partial charge in [-0.1, -0.05) is 6.92 Å². The van der Waals surface area contributed by atoms with Gasteiger partial charge >= 0.3 is 0 Å². The van der Waals surface area contributed by atoms with Crippen molar-refractivity contribution in [1.82, 2.24) is 0 Å². The summed E-state index contributed by atoms with van der Waals surface area (Å²) in [5.74, 6) is 0.629. The van der Waals surface area contributed by atoms with E-state index in [0.717, 1.165) is 17.4 Å². The molecule has 2 aromatic rings. The molecule has 0 saturated carbocycles. The lowest BCUT2D eigenvalue weighted by Crippen LogP contribution is -1.97. The van der Waals surface area contributed by atoms with Crippen LogP contribution in [0.2, 0.25) is 0 Å². The molecule has 84 valence electrons. The van der Waals surface area contributed by atoms with E-state index in [0.29, 0.717) is 17.8 Å². The topological polar surface area (TPSA) is 50.4 Å². The summed E-state index contributed by atoms with van der Waals surface area (Å²) in [6.45, 7) is 3.80. The quantitative estimate of drug-likeness (QED) is 0.803. The van der Waals surface area contributed by atoms with Crippen LogP contribution in [0.4, 0.5) is 0 Å². The molecule has 0 aliphatic carbocycles. The number of carbonyl (C=O) groups is 1. The largest absolute Gasteiger partial charge is 0.508 e. The fraction of sp³-hybridized carbons (Fsp3) is 0.308. The van der Waals surface area contributed by atoms with Crippen LogP contribution in [0.15, 0.2) is 22.6 Å². The second-order valence-electron chi connectivity index (χ2n) is 3.91. The number of aromatic hydroxyl groups is 1. The molecule has 1 heterocycles. The third-order valence-electron chi connectivity index (χ3n) is 2.65. The fourth-order valence-corrected chi connectivity index (χ4v) is 1.82. The Morgan fingerprint density at radius 2 is 2.19 bits per heavy atom. The number of hydrogen-bond acceptors (Lipinski definition) is 3. The Morgan fingerprint density at radius 1 is 1.44 bits per heavy atom. The number of ketones is 1. The summed E-state index contributed by atoms with van der Waals surface area (Å²) in [5.41, 5.74) is 1.46. The van der Waals surface area contributed by atoms with Gasteiger partial charge in [0.15, 0.2) is 11.5 Å². The third kappa shape index (κ3) is 1.69. The summed E-state index contributed by atoms with van der Waals surface area (Å²) in [7, 11) is 0. The van der Waals surface area contributed by atoms with E-state index in [1.165, 1.54) is 0 Å². The van der Waals surface area contributed by atoms with Gasteiger partial charge in [0.05, 0.1) is 0 Å². The van der Waals surface area contributed by atoms with Crippen molar-refractivity contribution >= 4 is 16.8 Å². The molecule has 0 fully saturated rings. The number of phenols is 1. The van der Waals surface area contributed by atoms with Gasteiger partial charge in [-0.15, -0.1) is 0 Å². The molecule has 0 bridgehead atoms. The Labute approximate surface area is 93.7 Å². The van der Waals surface area contributed by atoms with Gasteiger partial charge in [-0.2, -0.15) is 0 Å². The van der Waals surface area contributed by atoms with E-state index in [1.807, 2.05) is 13.8 Å². The van der Waals surface area contributed by atoms with Crippen LogP contribution >= 0.6 is 0 Å². The van der Waals surface area contributed by atoms with Crippen molar-refractivity contribution in [1.29, 1.82) is 0 Å². The number of carbonyl (C=O) groups excluding carboxylic acids is 1. The van der Waals surface area contributed by atoms with Crippen molar-refractivity contribution in [2.45, 2.75) is 26.7 Å². The van der Waals surface area contributed by atoms with Crippen LogP contribution in [0, 0.1) is 6.92 Å². The van der Waals surface area contributed by atoms with Crippen LogP contribution in [-0.4, -0.2) is 10.9 Å².